The monoisotopic (exact) mass is 233 g/mol. The van der Waals surface area contributed by atoms with Crippen LogP contribution in [0.1, 0.15) is 5.76 Å². The number of hydrogen-bond acceptors (Lipinski definition) is 5. The van der Waals surface area contributed by atoms with Crippen LogP contribution in [0.4, 0.5) is 5.69 Å². The lowest BCUT2D eigenvalue weighted by Gasteiger charge is -2.05. The van der Waals surface area contributed by atoms with Crippen molar-refractivity contribution in [2.45, 2.75) is 6.61 Å². The number of ether oxygens (including phenoxy) is 1. The van der Waals surface area contributed by atoms with Gasteiger partial charge in [-0.15, -0.1) is 0 Å². The van der Waals surface area contributed by atoms with E-state index in [9.17, 15) is 4.79 Å². The van der Waals surface area contributed by atoms with Crippen LogP contribution < -0.4 is 15.9 Å². The maximum absolute atomic E-state index is 11.1. The number of nitrogens with two attached hydrogens (primary N) is 1. The van der Waals surface area contributed by atoms with Gasteiger partial charge in [-0.05, 0) is 12.1 Å². The van der Waals surface area contributed by atoms with E-state index in [2.05, 4.69) is 0 Å². The van der Waals surface area contributed by atoms with Gasteiger partial charge >= 0.3 is 0 Å². The second kappa shape index (κ2) is 4.61. The Balaban J connectivity index is 2.07. The van der Waals surface area contributed by atoms with E-state index in [0.29, 0.717) is 17.2 Å². The zero-order valence-corrected chi connectivity index (χ0v) is 8.92. The average molecular weight is 233 g/mol. The molecule has 2 rings (SSSR count). The first kappa shape index (κ1) is 11.1. The van der Waals surface area contributed by atoms with Crippen molar-refractivity contribution in [3.8, 4) is 11.5 Å². The number of hydrogen-bond donors (Lipinski definition) is 2. The van der Waals surface area contributed by atoms with Crippen LogP contribution in [0.5, 0.6) is 11.5 Å². The summed E-state index contributed by atoms with van der Waals surface area (Å²) in [5.74, 6) is 0.494. The first-order valence-electron chi connectivity index (χ1n) is 4.94. The second-order valence-electron chi connectivity index (χ2n) is 3.46. The minimum Gasteiger partial charge on any atom is -0.502 e. The van der Waals surface area contributed by atoms with Gasteiger partial charge in [0.25, 0.3) is 0 Å². The molecule has 0 radical (unpaired) electrons. The Morgan fingerprint density at radius 2 is 2.18 bits per heavy atom. The van der Waals surface area contributed by atoms with Crippen molar-refractivity contribution in [2.24, 2.45) is 0 Å². The van der Waals surface area contributed by atoms with Gasteiger partial charge in [-0.3, -0.25) is 4.79 Å². The molecule has 0 amide bonds. The third-order valence-corrected chi connectivity index (χ3v) is 2.11. The van der Waals surface area contributed by atoms with Gasteiger partial charge in [0.2, 0.25) is 5.43 Å². The summed E-state index contributed by atoms with van der Waals surface area (Å²) in [7, 11) is 0. The summed E-state index contributed by atoms with van der Waals surface area (Å²) < 4.78 is 10.4. The highest BCUT2D eigenvalue weighted by Crippen LogP contribution is 2.16. The van der Waals surface area contributed by atoms with Crippen LogP contribution in [-0.4, -0.2) is 5.11 Å². The van der Waals surface area contributed by atoms with E-state index in [1.54, 1.807) is 24.3 Å². The first-order chi connectivity index (χ1) is 8.15. The first-order valence-corrected chi connectivity index (χ1v) is 4.94. The molecule has 0 aliphatic carbocycles. The summed E-state index contributed by atoms with van der Waals surface area (Å²) in [6, 6.07) is 8.10. The van der Waals surface area contributed by atoms with E-state index < -0.39 is 11.2 Å². The third kappa shape index (κ3) is 2.78. The van der Waals surface area contributed by atoms with Crippen LogP contribution in [0.2, 0.25) is 0 Å². The standard InChI is InChI=1S/C12H11NO4/c13-8-2-1-3-9(4-8)16-6-10-5-11(14)12(15)7-17-10/h1-5,7,15H,6,13H2. The van der Waals surface area contributed by atoms with Crippen LogP contribution in [-0.2, 0) is 6.61 Å². The quantitative estimate of drug-likeness (QED) is 0.785. The molecule has 0 bridgehead atoms. The highest BCUT2D eigenvalue weighted by molar-refractivity contribution is 5.43. The summed E-state index contributed by atoms with van der Waals surface area (Å²) in [6.07, 6.45) is 0.986. The van der Waals surface area contributed by atoms with E-state index in [-0.39, 0.29) is 6.61 Å². The Labute approximate surface area is 97.1 Å². The zero-order chi connectivity index (χ0) is 12.3. The molecule has 2 aromatic rings. The molecule has 17 heavy (non-hydrogen) atoms. The number of anilines is 1. The zero-order valence-electron chi connectivity index (χ0n) is 8.92. The second-order valence-corrected chi connectivity index (χ2v) is 3.46. The Hall–Kier alpha value is -2.43. The average Bonchev–Trinajstić information content (AvgIpc) is 2.31. The molecule has 0 saturated heterocycles. The summed E-state index contributed by atoms with van der Waals surface area (Å²) in [5.41, 5.74) is 5.68. The summed E-state index contributed by atoms with van der Waals surface area (Å²) >= 11 is 0. The van der Waals surface area contributed by atoms with Gasteiger partial charge in [0.05, 0.1) is 0 Å². The molecule has 0 fully saturated rings. The maximum atomic E-state index is 11.1. The van der Waals surface area contributed by atoms with Gasteiger partial charge in [0, 0.05) is 17.8 Å². The van der Waals surface area contributed by atoms with E-state index in [4.69, 9.17) is 20.0 Å². The molecular formula is C12H11NO4. The van der Waals surface area contributed by atoms with E-state index in [0.717, 1.165) is 6.26 Å². The van der Waals surface area contributed by atoms with Gasteiger partial charge in [0.1, 0.15) is 24.4 Å². The number of benzene rings is 1. The smallest absolute Gasteiger partial charge is 0.226 e. The highest BCUT2D eigenvalue weighted by atomic mass is 16.5. The SMILES string of the molecule is Nc1cccc(OCc2cc(=O)c(O)co2)c1. The van der Waals surface area contributed by atoms with Crippen LogP contribution in [0.25, 0.3) is 0 Å². The predicted molar refractivity (Wildman–Crippen MR) is 61.8 cm³/mol. The van der Waals surface area contributed by atoms with Gasteiger partial charge < -0.3 is 20.0 Å². The van der Waals surface area contributed by atoms with Gasteiger partial charge in [-0.2, -0.15) is 0 Å². The molecule has 0 aliphatic heterocycles. The third-order valence-electron chi connectivity index (χ3n) is 2.11. The van der Waals surface area contributed by atoms with Crippen molar-refractivity contribution < 1.29 is 14.3 Å². The topological polar surface area (TPSA) is 85.7 Å². The molecule has 1 heterocycles. The molecule has 5 heteroatoms. The molecule has 3 N–H and O–H groups in total. The van der Waals surface area contributed by atoms with E-state index >= 15 is 0 Å². The fourth-order valence-electron chi connectivity index (χ4n) is 1.28. The van der Waals surface area contributed by atoms with Crippen molar-refractivity contribution in [3.63, 3.8) is 0 Å². The Morgan fingerprint density at radius 1 is 1.35 bits per heavy atom. The van der Waals surface area contributed by atoms with E-state index in [1.807, 2.05) is 0 Å². The minimum absolute atomic E-state index is 0.0962. The lowest BCUT2D eigenvalue weighted by Crippen LogP contribution is -2.03. The van der Waals surface area contributed by atoms with Crippen LogP contribution >= 0.6 is 0 Å². The van der Waals surface area contributed by atoms with Crippen LogP contribution in [0, 0.1) is 0 Å². The summed E-state index contributed by atoms with van der Waals surface area (Å²) in [6.45, 7) is 0.0962. The van der Waals surface area contributed by atoms with Crippen molar-refractivity contribution in [3.05, 3.63) is 52.6 Å². The fourth-order valence-corrected chi connectivity index (χ4v) is 1.28. The van der Waals surface area contributed by atoms with Crippen molar-refractivity contribution >= 4 is 5.69 Å². The Kier molecular flexibility index (Phi) is 3.00. The van der Waals surface area contributed by atoms with Crippen molar-refractivity contribution in [1.82, 2.24) is 0 Å². The van der Waals surface area contributed by atoms with Crippen LogP contribution in [0.15, 0.2) is 45.8 Å². The predicted octanol–water partition coefficient (Wildman–Crippen LogP) is 1.51. The largest absolute Gasteiger partial charge is 0.502 e. The molecule has 88 valence electrons. The molecule has 0 saturated carbocycles. The van der Waals surface area contributed by atoms with Crippen LogP contribution in [0.3, 0.4) is 0 Å². The Bertz CT molecular complexity index is 577. The molecule has 0 unspecified atom stereocenters. The number of rotatable bonds is 3. The summed E-state index contributed by atoms with van der Waals surface area (Å²) in [5, 5.41) is 9.00. The summed E-state index contributed by atoms with van der Waals surface area (Å²) in [4.78, 5) is 11.1. The lowest BCUT2D eigenvalue weighted by atomic mass is 10.3. The molecule has 5 nitrogen and oxygen atoms in total. The number of nitrogen functional groups attached to an aromatic ring is 1. The Morgan fingerprint density at radius 3 is 2.88 bits per heavy atom. The molecule has 0 spiro atoms. The van der Waals surface area contributed by atoms with E-state index in [1.165, 1.54) is 6.07 Å². The van der Waals surface area contributed by atoms with Gasteiger partial charge in [-0.1, -0.05) is 6.07 Å². The highest BCUT2D eigenvalue weighted by Gasteiger charge is 2.02. The maximum Gasteiger partial charge on any atom is 0.226 e. The normalized spacial score (nSPS) is 10.1. The minimum atomic E-state index is -0.498. The molecule has 1 aromatic heterocycles. The fraction of sp³-hybridized carbons (Fsp3) is 0.0833. The number of aromatic hydroxyl groups is 1. The molecule has 0 aliphatic rings. The van der Waals surface area contributed by atoms with Gasteiger partial charge in [-0.25, -0.2) is 0 Å². The van der Waals surface area contributed by atoms with Gasteiger partial charge in [0.15, 0.2) is 5.75 Å². The molecular weight excluding hydrogens is 222 g/mol. The van der Waals surface area contributed by atoms with Crippen molar-refractivity contribution in [1.29, 1.82) is 0 Å². The molecule has 0 atom stereocenters. The lowest BCUT2D eigenvalue weighted by molar-refractivity contribution is 0.263. The van der Waals surface area contributed by atoms with Crippen molar-refractivity contribution in [2.75, 3.05) is 5.73 Å². The molecule has 1 aromatic carbocycles.